The largest absolute Gasteiger partial charge is 0.396 e. The Hall–Kier alpha value is -0.610. The van der Waals surface area contributed by atoms with Crippen LogP contribution in [0.5, 0.6) is 0 Å². The Balaban J connectivity index is 2.32. The summed E-state index contributed by atoms with van der Waals surface area (Å²) in [7, 11) is 0. The number of aliphatic hydroxyl groups is 1. The number of hydrogen-bond donors (Lipinski definition) is 3. The highest BCUT2D eigenvalue weighted by Crippen LogP contribution is 2.29. The van der Waals surface area contributed by atoms with Gasteiger partial charge in [0.15, 0.2) is 0 Å². The van der Waals surface area contributed by atoms with Crippen LogP contribution in [0.4, 0.5) is 0 Å². The fourth-order valence-electron chi connectivity index (χ4n) is 2.77. The maximum atomic E-state index is 11.8. The summed E-state index contributed by atoms with van der Waals surface area (Å²) in [5.74, 6) is 1.15. The van der Waals surface area contributed by atoms with E-state index in [2.05, 4.69) is 19.2 Å². The number of rotatable bonds is 6. The summed E-state index contributed by atoms with van der Waals surface area (Å²) >= 11 is 0. The molecule has 1 rings (SSSR count). The topological polar surface area (TPSA) is 75.4 Å². The van der Waals surface area contributed by atoms with Gasteiger partial charge in [-0.25, -0.2) is 0 Å². The zero-order valence-electron chi connectivity index (χ0n) is 11.7. The van der Waals surface area contributed by atoms with Gasteiger partial charge in [0, 0.05) is 13.2 Å². The highest BCUT2D eigenvalue weighted by molar-refractivity contribution is 5.81. The maximum absolute atomic E-state index is 11.8. The third-order valence-corrected chi connectivity index (χ3v) is 3.90. The maximum Gasteiger partial charge on any atom is 0.236 e. The average Bonchev–Trinajstić information content (AvgIpc) is 2.35. The third-order valence-electron chi connectivity index (χ3n) is 3.90. The molecule has 106 valence electrons. The summed E-state index contributed by atoms with van der Waals surface area (Å²) in [6.45, 7) is 5.03. The van der Waals surface area contributed by atoms with Crippen LogP contribution < -0.4 is 11.1 Å². The molecule has 1 aliphatic carbocycles. The van der Waals surface area contributed by atoms with Crippen molar-refractivity contribution in [1.82, 2.24) is 5.32 Å². The lowest BCUT2D eigenvalue weighted by atomic mass is 9.79. The second kappa shape index (κ2) is 7.74. The molecular weight excluding hydrogens is 228 g/mol. The number of hydrogen-bond acceptors (Lipinski definition) is 3. The van der Waals surface area contributed by atoms with Crippen LogP contribution in [0.15, 0.2) is 0 Å². The minimum Gasteiger partial charge on any atom is -0.396 e. The number of carbonyl (C=O) groups excluding carboxylic acids is 1. The van der Waals surface area contributed by atoms with E-state index >= 15 is 0 Å². The van der Waals surface area contributed by atoms with E-state index in [1.54, 1.807) is 0 Å². The lowest BCUT2D eigenvalue weighted by Gasteiger charge is -2.30. The van der Waals surface area contributed by atoms with Gasteiger partial charge in [-0.3, -0.25) is 4.79 Å². The minimum absolute atomic E-state index is 0.0500. The summed E-state index contributed by atoms with van der Waals surface area (Å²) in [6.07, 6.45) is 5.30. The van der Waals surface area contributed by atoms with Crippen LogP contribution >= 0.6 is 0 Å². The molecule has 18 heavy (non-hydrogen) atoms. The van der Waals surface area contributed by atoms with Gasteiger partial charge in [0.2, 0.25) is 5.91 Å². The molecule has 2 unspecified atom stereocenters. The van der Waals surface area contributed by atoms with Gasteiger partial charge < -0.3 is 16.2 Å². The Kier molecular flexibility index (Phi) is 6.65. The number of carbonyl (C=O) groups is 1. The zero-order valence-corrected chi connectivity index (χ0v) is 11.7. The van der Waals surface area contributed by atoms with Crippen molar-refractivity contribution < 1.29 is 9.90 Å². The van der Waals surface area contributed by atoms with Gasteiger partial charge >= 0.3 is 0 Å². The molecule has 0 radical (unpaired) electrons. The van der Waals surface area contributed by atoms with Crippen LogP contribution in [0.2, 0.25) is 0 Å². The van der Waals surface area contributed by atoms with Crippen molar-refractivity contribution in [1.29, 1.82) is 0 Å². The van der Waals surface area contributed by atoms with Gasteiger partial charge in [0.25, 0.3) is 0 Å². The Morgan fingerprint density at radius 1 is 1.33 bits per heavy atom. The lowest BCUT2D eigenvalue weighted by Crippen LogP contribution is -2.44. The Morgan fingerprint density at radius 3 is 2.50 bits per heavy atom. The van der Waals surface area contributed by atoms with Gasteiger partial charge in [-0.05, 0) is 37.0 Å². The first-order valence-corrected chi connectivity index (χ1v) is 7.18. The summed E-state index contributed by atoms with van der Waals surface area (Å²) in [5.41, 5.74) is 5.84. The number of aliphatic hydroxyl groups excluding tert-OH is 1. The molecule has 4 heteroatoms. The van der Waals surface area contributed by atoms with Crippen LogP contribution in [0.1, 0.15) is 46.0 Å². The molecular formula is C14H28N2O2. The Morgan fingerprint density at radius 2 is 1.94 bits per heavy atom. The lowest BCUT2D eigenvalue weighted by molar-refractivity contribution is -0.123. The van der Waals surface area contributed by atoms with Gasteiger partial charge in [-0.1, -0.05) is 26.7 Å². The number of nitrogens with one attached hydrogen (secondary N) is 1. The molecule has 0 spiro atoms. The molecule has 1 fully saturated rings. The molecule has 4 nitrogen and oxygen atoms in total. The predicted octanol–water partition coefficient (Wildman–Crippen LogP) is 1.27. The highest BCUT2D eigenvalue weighted by atomic mass is 16.3. The standard InChI is InChI=1S/C14H28N2O2/c1-10(2)7-13(15)14(18)16-8-11-5-3-4-6-12(11)9-17/h10-13,17H,3-9,15H2,1-2H3,(H,16,18)/t11?,12?,13-/m1/s1. The molecule has 1 aliphatic rings. The van der Waals surface area contributed by atoms with E-state index in [4.69, 9.17) is 5.73 Å². The molecule has 4 N–H and O–H groups in total. The van der Waals surface area contributed by atoms with Crippen molar-refractivity contribution >= 4 is 5.91 Å². The van der Waals surface area contributed by atoms with E-state index in [0.29, 0.717) is 24.3 Å². The van der Waals surface area contributed by atoms with Crippen molar-refractivity contribution in [3.8, 4) is 0 Å². The first-order valence-electron chi connectivity index (χ1n) is 7.18. The fraction of sp³-hybridized carbons (Fsp3) is 0.929. The molecule has 0 heterocycles. The average molecular weight is 256 g/mol. The van der Waals surface area contributed by atoms with Crippen molar-refractivity contribution in [2.75, 3.05) is 13.2 Å². The number of nitrogens with two attached hydrogens (primary N) is 1. The minimum atomic E-state index is -0.402. The molecule has 0 aromatic rings. The molecule has 0 aliphatic heterocycles. The molecule has 0 saturated heterocycles. The second-order valence-electron chi connectivity index (χ2n) is 5.97. The van der Waals surface area contributed by atoms with Crippen LogP contribution in [-0.4, -0.2) is 30.2 Å². The van der Waals surface area contributed by atoms with Gasteiger partial charge in [-0.15, -0.1) is 0 Å². The summed E-state index contributed by atoms with van der Waals surface area (Å²) < 4.78 is 0. The van der Waals surface area contributed by atoms with Crippen molar-refractivity contribution in [3.05, 3.63) is 0 Å². The van der Waals surface area contributed by atoms with Crippen molar-refractivity contribution in [2.45, 2.75) is 52.0 Å². The normalized spacial score (nSPS) is 26.1. The van der Waals surface area contributed by atoms with E-state index in [-0.39, 0.29) is 12.5 Å². The Bertz CT molecular complexity index is 256. The van der Waals surface area contributed by atoms with Crippen molar-refractivity contribution in [2.24, 2.45) is 23.5 Å². The monoisotopic (exact) mass is 256 g/mol. The van der Waals surface area contributed by atoms with E-state index in [1.165, 1.54) is 12.8 Å². The first kappa shape index (κ1) is 15.4. The van der Waals surface area contributed by atoms with Gasteiger partial charge in [0.1, 0.15) is 0 Å². The van der Waals surface area contributed by atoms with E-state index in [1.807, 2.05) is 0 Å². The molecule has 0 aromatic carbocycles. The van der Waals surface area contributed by atoms with Crippen LogP contribution in [0.25, 0.3) is 0 Å². The predicted molar refractivity (Wildman–Crippen MR) is 73.0 cm³/mol. The first-order chi connectivity index (χ1) is 8.54. The van der Waals surface area contributed by atoms with Crippen LogP contribution in [0.3, 0.4) is 0 Å². The quantitative estimate of drug-likeness (QED) is 0.670. The van der Waals surface area contributed by atoms with E-state index < -0.39 is 6.04 Å². The zero-order chi connectivity index (χ0) is 13.5. The van der Waals surface area contributed by atoms with Gasteiger partial charge in [0.05, 0.1) is 6.04 Å². The molecule has 3 atom stereocenters. The number of amides is 1. The SMILES string of the molecule is CC(C)C[C@@H](N)C(=O)NCC1CCCCC1CO. The molecule has 0 aromatic heterocycles. The molecule has 0 bridgehead atoms. The second-order valence-corrected chi connectivity index (χ2v) is 5.97. The highest BCUT2D eigenvalue weighted by Gasteiger charge is 2.25. The van der Waals surface area contributed by atoms with Gasteiger partial charge in [-0.2, -0.15) is 0 Å². The summed E-state index contributed by atoms with van der Waals surface area (Å²) in [6, 6.07) is -0.402. The van der Waals surface area contributed by atoms with Crippen molar-refractivity contribution in [3.63, 3.8) is 0 Å². The molecule has 1 amide bonds. The van der Waals surface area contributed by atoms with E-state index in [9.17, 15) is 9.90 Å². The van der Waals surface area contributed by atoms with Crippen LogP contribution in [-0.2, 0) is 4.79 Å². The van der Waals surface area contributed by atoms with Crippen LogP contribution in [0, 0.1) is 17.8 Å². The third kappa shape index (κ3) is 4.94. The summed E-state index contributed by atoms with van der Waals surface area (Å²) in [5, 5.41) is 12.3. The van der Waals surface area contributed by atoms with E-state index in [0.717, 1.165) is 19.3 Å². The molecule has 1 saturated carbocycles. The smallest absolute Gasteiger partial charge is 0.236 e. The Labute approximate surface area is 110 Å². The fourth-order valence-corrected chi connectivity index (χ4v) is 2.77. The summed E-state index contributed by atoms with van der Waals surface area (Å²) in [4.78, 5) is 11.8.